The van der Waals surface area contributed by atoms with Crippen LogP contribution in [-0.2, 0) is 14.9 Å². The van der Waals surface area contributed by atoms with Gasteiger partial charge in [-0.25, -0.2) is 9.97 Å². The Morgan fingerprint density at radius 3 is 2.78 bits per heavy atom. The highest BCUT2D eigenvalue weighted by atomic mass is 32.2. The quantitative estimate of drug-likeness (QED) is 0.811. The average molecular weight is 392 g/mol. The summed E-state index contributed by atoms with van der Waals surface area (Å²) in [5, 5.41) is 0.963. The van der Waals surface area contributed by atoms with Gasteiger partial charge in [-0.15, -0.1) is 0 Å². The minimum Gasteiger partial charge on any atom is -0.379 e. The zero-order valence-electron chi connectivity index (χ0n) is 15.3. The number of nitrogens with zero attached hydrogens (tertiary/aromatic N) is 5. The van der Waals surface area contributed by atoms with E-state index in [2.05, 4.69) is 19.9 Å². The van der Waals surface area contributed by atoms with Gasteiger partial charge in [0.15, 0.2) is 0 Å². The third kappa shape index (κ3) is 2.74. The number of H-pyrrole nitrogens is 1. The zero-order valence-corrected chi connectivity index (χ0v) is 16.2. The molecule has 0 unspecified atom stereocenters. The lowest BCUT2D eigenvalue weighted by Crippen LogP contribution is -2.48. The third-order valence-electron chi connectivity index (χ3n) is 6.22. The molecule has 0 bridgehead atoms. The first kappa shape index (κ1) is 17.4. The number of ether oxygens (including phenoxy) is 1. The smallest absolute Gasteiger partial charge is 0.282 e. The SMILES string of the molecule is CN(c1ncnc2[nH]ccc12)[C@H]1CN(S(=O)(=O)N2CCOCC2)CC12CC2. The summed E-state index contributed by atoms with van der Waals surface area (Å²) < 4.78 is 34.8. The van der Waals surface area contributed by atoms with Crippen molar-refractivity contribution in [1.82, 2.24) is 23.6 Å². The van der Waals surface area contributed by atoms with Crippen LogP contribution in [0.2, 0.25) is 0 Å². The van der Waals surface area contributed by atoms with Crippen molar-refractivity contribution in [2.75, 3.05) is 51.3 Å². The minimum absolute atomic E-state index is 0.0295. The summed E-state index contributed by atoms with van der Waals surface area (Å²) in [6, 6.07) is 2.08. The average Bonchev–Trinajstić information content (AvgIpc) is 3.12. The van der Waals surface area contributed by atoms with Gasteiger partial charge in [0.25, 0.3) is 10.2 Å². The molecular weight excluding hydrogens is 368 g/mol. The number of nitrogens with one attached hydrogen (secondary N) is 1. The maximum Gasteiger partial charge on any atom is 0.282 e. The molecule has 2 aliphatic heterocycles. The molecule has 0 radical (unpaired) electrons. The Morgan fingerprint density at radius 1 is 1.26 bits per heavy atom. The summed E-state index contributed by atoms with van der Waals surface area (Å²) in [6.07, 6.45) is 5.52. The summed E-state index contributed by atoms with van der Waals surface area (Å²) in [4.78, 5) is 14.0. The largest absolute Gasteiger partial charge is 0.379 e. The van der Waals surface area contributed by atoms with E-state index in [1.807, 2.05) is 19.3 Å². The lowest BCUT2D eigenvalue weighted by atomic mass is 9.99. The second-order valence-corrected chi connectivity index (χ2v) is 9.67. The third-order valence-corrected chi connectivity index (χ3v) is 8.17. The van der Waals surface area contributed by atoms with Crippen LogP contribution in [0.15, 0.2) is 18.6 Å². The molecule has 4 heterocycles. The Bertz CT molecular complexity index is 950. The molecule has 1 spiro atoms. The number of hydrogen-bond acceptors (Lipinski definition) is 6. The van der Waals surface area contributed by atoms with Crippen molar-refractivity contribution in [3.8, 4) is 0 Å². The van der Waals surface area contributed by atoms with Crippen LogP contribution in [-0.4, -0.2) is 84.5 Å². The van der Waals surface area contributed by atoms with E-state index in [0.29, 0.717) is 39.4 Å². The zero-order chi connectivity index (χ0) is 18.6. The van der Waals surface area contributed by atoms with Crippen LogP contribution in [0, 0.1) is 5.41 Å². The molecule has 1 N–H and O–H groups in total. The van der Waals surface area contributed by atoms with Gasteiger partial charge in [-0.05, 0) is 18.9 Å². The van der Waals surface area contributed by atoms with Gasteiger partial charge in [0, 0.05) is 44.8 Å². The maximum atomic E-state index is 13.1. The molecule has 1 saturated carbocycles. The van der Waals surface area contributed by atoms with Crippen molar-refractivity contribution in [2.24, 2.45) is 5.41 Å². The van der Waals surface area contributed by atoms with Crippen LogP contribution >= 0.6 is 0 Å². The van der Waals surface area contributed by atoms with Crippen LogP contribution in [0.25, 0.3) is 11.0 Å². The van der Waals surface area contributed by atoms with Crippen molar-refractivity contribution >= 4 is 27.1 Å². The summed E-state index contributed by atoms with van der Waals surface area (Å²) in [5.41, 5.74) is 0.828. The molecule has 1 aliphatic carbocycles. The molecule has 3 fully saturated rings. The Balaban J connectivity index is 1.43. The monoisotopic (exact) mass is 392 g/mol. The number of likely N-dealkylation sites (N-methyl/N-ethyl adjacent to an activating group) is 1. The first-order valence-corrected chi connectivity index (χ1v) is 10.7. The standard InChI is InChI=1S/C17H24N6O3S/c1-21(16-13-2-5-18-15(13)19-12-20-16)14-10-23(11-17(14)3-4-17)27(24,25)22-6-8-26-9-7-22/h2,5,12,14H,3-4,6-11H2,1H3,(H,18,19,20)/t14-/m0/s1. The molecule has 2 saturated heterocycles. The fraction of sp³-hybridized carbons (Fsp3) is 0.647. The Morgan fingerprint density at radius 2 is 2.04 bits per heavy atom. The highest BCUT2D eigenvalue weighted by Crippen LogP contribution is 2.55. The number of fused-ring (bicyclic) bond motifs is 1. The maximum absolute atomic E-state index is 13.1. The van der Waals surface area contributed by atoms with Gasteiger partial charge in [0.2, 0.25) is 0 Å². The molecule has 5 rings (SSSR count). The second-order valence-electron chi connectivity index (χ2n) is 7.74. The number of rotatable bonds is 4. The lowest BCUT2D eigenvalue weighted by Gasteiger charge is -2.31. The van der Waals surface area contributed by atoms with Crippen molar-refractivity contribution < 1.29 is 13.2 Å². The van der Waals surface area contributed by atoms with Crippen LogP contribution < -0.4 is 4.90 Å². The summed E-state index contributed by atoms with van der Waals surface area (Å²) in [6.45, 7) is 2.88. The molecule has 1 atom stereocenters. The van der Waals surface area contributed by atoms with Crippen molar-refractivity contribution in [2.45, 2.75) is 18.9 Å². The van der Waals surface area contributed by atoms with E-state index < -0.39 is 10.2 Å². The molecule has 9 nitrogen and oxygen atoms in total. The fourth-order valence-corrected chi connectivity index (χ4v) is 6.18. The molecular formula is C17H24N6O3S. The highest BCUT2D eigenvalue weighted by Gasteiger charge is 2.59. The Hall–Kier alpha value is -1.75. The van der Waals surface area contributed by atoms with E-state index in [-0.39, 0.29) is 11.5 Å². The van der Waals surface area contributed by atoms with Gasteiger partial charge in [-0.3, -0.25) is 0 Å². The van der Waals surface area contributed by atoms with E-state index in [1.54, 1.807) is 14.9 Å². The van der Waals surface area contributed by atoms with Crippen molar-refractivity contribution in [3.63, 3.8) is 0 Å². The fourth-order valence-electron chi connectivity index (χ4n) is 4.50. The van der Waals surface area contributed by atoms with E-state index >= 15 is 0 Å². The molecule has 146 valence electrons. The number of aromatic nitrogens is 3. The Labute approximate surface area is 158 Å². The minimum atomic E-state index is -3.45. The number of morpholine rings is 1. The summed E-state index contributed by atoms with van der Waals surface area (Å²) >= 11 is 0. The number of anilines is 1. The first-order chi connectivity index (χ1) is 13.0. The highest BCUT2D eigenvalue weighted by molar-refractivity contribution is 7.86. The normalized spacial score (nSPS) is 26.0. The molecule has 3 aliphatic rings. The van der Waals surface area contributed by atoms with E-state index in [1.165, 1.54) is 0 Å². The second kappa shape index (κ2) is 6.13. The number of hydrogen-bond donors (Lipinski definition) is 1. The van der Waals surface area contributed by atoms with Crippen molar-refractivity contribution in [3.05, 3.63) is 18.6 Å². The van der Waals surface area contributed by atoms with Crippen LogP contribution in [0.1, 0.15) is 12.8 Å². The Kier molecular flexibility index (Phi) is 3.94. The van der Waals surface area contributed by atoms with Gasteiger partial charge in [0.1, 0.15) is 17.8 Å². The molecule has 27 heavy (non-hydrogen) atoms. The van der Waals surface area contributed by atoms with Crippen molar-refractivity contribution in [1.29, 1.82) is 0 Å². The lowest BCUT2D eigenvalue weighted by molar-refractivity contribution is 0.0705. The summed E-state index contributed by atoms with van der Waals surface area (Å²) in [5.74, 6) is 0.850. The number of aromatic amines is 1. The predicted molar refractivity (Wildman–Crippen MR) is 101 cm³/mol. The van der Waals surface area contributed by atoms with Gasteiger partial charge in [-0.2, -0.15) is 17.0 Å². The first-order valence-electron chi connectivity index (χ1n) is 9.35. The summed E-state index contributed by atoms with van der Waals surface area (Å²) in [7, 11) is -1.43. The van der Waals surface area contributed by atoms with Gasteiger partial charge in [-0.1, -0.05) is 0 Å². The van der Waals surface area contributed by atoms with Crippen LogP contribution in [0.3, 0.4) is 0 Å². The molecule has 10 heteroatoms. The topological polar surface area (TPSA) is 94.7 Å². The van der Waals surface area contributed by atoms with Gasteiger partial charge >= 0.3 is 0 Å². The molecule has 2 aromatic heterocycles. The van der Waals surface area contributed by atoms with Crippen LogP contribution in [0.4, 0.5) is 5.82 Å². The molecule has 0 aromatic carbocycles. The van der Waals surface area contributed by atoms with E-state index in [4.69, 9.17) is 4.74 Å². The molecule has 0 amide bonds. The van der Waals surface area contributed by atoms with Gasteiger partial charge in [0.05, 0.1) is 24.6 Å². The molecule has 2 aromatic rings. The van der Waals surface area contributed by atoms with E-state index in [9.17, 15) is 8.42 Å². The predicted octanol–water partition coefficient (Wildman–Crippen LogP) is 0.436. The van der Waals surface area contributed by atoms with Gasteiger partial charge < -0.3 is 14.6 Å². The van der Waals surface area contributed by atoms with Crippen LogP contribution in [0.5, 0.6) is 0 Å². The van der Waals surface area contributed by atoms with E-state index in [0.717, 1.165) is 29.7 Å².